The molecule has 6 nitrogen and oxygen atoms in total. The number of carbonyl (C=O) groups excluding carboxylic acids is 2. The highest BCUT2D eigenvalue weighted by Gasteiger charge is 2.39. The Hall–Kier alpha value is -2.51. The lowest BCUT2D eigenvalue weighted by Gasteiger charge is -2.20. The molecule has 1 N–H and O–H groups in total. The molecule has 0 bridgehead atoms. The molecule has 2 rings (SSSR count). The summed E-state index contributed by atoms with van der Waals surface area (Å²) in [4.78, 5) is 37.5. The number of benzene rings is 1. The van der Waals surface area contributed by atoms with Crippen molar-refractivity contribution in [1.29, 1.82) is 0 Å². The van der Waals surface area contributed by atoms with E-state index in [0.717, 1.165) is 12.1 Å². The molecule has 1 aromatic carbocycles. The van der Waals surface area contributed by atoms with Crippen molar-refractivity contribution in [2.45, 2.75) is 12.8 Å². The first kappa shape index (κ1) is 16.9. The maximum atomic E-state index is 13.3. The van der Waals surface area contributed by atoms with Gasteiger partial charge in [-0.05, 0) is 18.6 Å². The number of hydrogen-bond acceptors (Lipinski definition) is 3. The van der Waals surface area contributed by atoms with Gasteiger partial charge in [0.15, 0.2) is 11.6 Å². The fourth-order valence-corrected chi connectivity index (χ4v) is 2.46. The molecule has 23 heavy (non-hydrogen) atoms. The predicted octanol–water partition coefficient (Wildman–Crippen LogP) is 1.25. The van der Waals surface area contributed by atoms with E-state index in [4.69, 9.17) is 5.11 Å². The summed E-state index contributed by atoms with van der Waals surface area (Å²) in [6.45, 7) is 0.218. The van der Waals surface area contributed by atoms with E-state index in [0.29, 0.717) is 0 Å². The summed E-state index contributed by atoms with van der Waals surface area (Å²) in [5.41, 5.74) is 0.192. The summed E-state index contributed by atoms with van der Waals surface area (Å²) in [7, 11) is 1.43. The molecular weight excluding hydrogens is 310 g/mol. The minimum Gasteiger partial charge on any atom is -0.481 e. The number of nitrogens with zero attached hydrogens (tertiary/aromatic N) is 2. The molecule has 8 heteroatoms. The first-order chi connectivity index (χ1) is 10.8. The van der Waals surface area contributed by atoms with Crippen molar-refractivity contribution in [2.75, 3.05) is 25.0 Å². The summed E-state index contributed by atoms with van der Waals surface area (Å²) >= 11 is 0. The van der Waals surface area contributed by atoms with Crippen molar-refractivity contribution >= 4 is 23.5 Å². The van der Waals surface area contributed by atoms with Crippen LogP contribution in [-0.4, -0.2) is 47.9 Å². The van der Waals surface area contributed by atoms with Crippen LogP contribution in [0.2, 0.25) is 0 Å². The minimum absolute atomic E-state index is 0.00310. The zero-order valence-corrected chi connectivity index (χ0v) is 12.5. The maximum absolute atomic E-state index is 13.3. The first-order valence-electron chi connectivity index (χ1n) is 7.04. The number of carboxylic acids is 1. The van der Waals surface area contributed by atoms with E-state index in [1.165, 1.54) is 22.9 Å². The number of amides is 2. The van der Waals surface area contributed by atoms with E-state index < -0.39 is 35.3 Å². The van der Waals surface area contributed by atoms with Crippen molar-refractivity contribution in [1.82, 2.24) is 4.90 Å². The molecule has 124 valence electrons. The molecule has 1 fully saturated rings. The van der Waals surface area contributed by atoms with Gasteiger partial charge < -0.3 is 14.9 Å². The van der Waals surface area contributed by atoms with Crippen LogP contribution in [0.3, 0.4) is 0 Å². The fourth-order valence-electron chi connectivity index (χ4n) is 2.46. The van der Waals surface area contributed by atoms with Gasteiger partial charge in [-0.25, -0.2) is 8.78 Å². The molecule has 0 spiro atoms. The van der Waals surface area contributed by atoms with E-state index in [2.05, 4.69) is 0 Å². The molecule has 1 atom stereocenters. The van der Waals surface area contributed by atoms with Crippen molar-refractivity contribution in [2.24, 2.45) is 5.92 Å². The summed E-state index contributed by atoms with van der Waals surface area (Å²) < 4.78 is 26.2. The molecule has 0 radical (unpaired) electrons. The van der Waals surface area contributed by atoms with Crippen LogP contribution in [0.15, 0.2) is 18.2 Å². The Morgan fingerprint density at radius 2 is 2.04 bits per heavy atom. The van der Waals surface area contributed by atoms with Gasteiger partial charge in [0.1, 0.15) is 5.92 Å². The average molecular weight is 326 g/mol. The van der Waals surface area contributed by atoms with Crippen LogP contribution in [0, 0.1) is 17.6 Å². The van der Waals surface area contributed by atoms with Crippen LogP contribution in [0.25, 0.3) is 0 Å². The first-order valence-corrected chi connectivity index (χ1v) is 7.04. The lowest BCUT2D eigenvalue weighted by Crippen LogP contribution is -2.39. The lowest BCUT2D eigenvalue weighted by atomic mass is 10.1. The maximum Gasteiger partial charge on any atom is 0.305 e. The molecule has 1 saturated heterocycles. The third kappa shape index (κ3) is 3.64. The van der Waals surface area contributed by atoms with Crippen LogP contribution < -0.4 is 4.90 Å². The zero-order chi connectivity index (χ0) is 17.1. The topological polar surface area (TPSA) is 77.9 Å². The number of carbonyl (C=O) groups is 3. The number of hydrogen-bond donors (Lipinski definition) is 1. The second-order valence-electron chi connectivity index (χ2n) is 5.33. The van der Waals surface area contributed by atoms with E-state index in [-0.39, 0.29) is 31.6 Å². The highest BCUT2D eigenvalue weighted by Crippen LogP contribution is 2.27. The second kappa shape index (κ2) is 6.72. The predicted molar refractivity (Wildman–Crippen MR) is 76.7 cm³/mol. The van der Waals surface area contributed by atoms with E-state index in [9.17, 15) is 23.2 Å². The SMILES string of the molecule is CN(CCC(=O)O)C(=O)[C@H]1CCN(c2ccc(F)c(F)c2)C1=O. The average Bonchev–Trinajstić information content (AvgIpc) is 2.88. The van der Waals surface area contributed by atoms with Crippen LogP contribution in [0.1, 0.15) is 12.8 Å². The molecule has 1 aliphatic rings. The standard InChI is InChI=1S/C15H16F2N2O4/c1-18(6-5-13(20)21)14(22)10-4-7-19(15(10)23)9-2-3-11(16)12(17)8-9/h2-3,8,10H,4-7H2,1H3,(H,20,21)/t10-/m1/s1. The highest BCUT2D eigenvalue weighted by atomic mass is 19.2. The van der Waals surface area contributed by atoms with Crippen LogP contribution in [0.5, 0.6) is 0 Å². The van der Waals surface area contributed by atoms with Crippen LogP contribution in [-0.2, 0) is 14.4 Å². The Bertz CT molecular complexity index is 650. The number of carboxylic acid groups (broad SMARTS) is 1. The number of anilines is 1. The fraction of sp³-hybridized carbons (Fsp3) is 0.400. The van der Waals surface area contributed by atoms with Gasteiger partial charge in [0, 0.05) is 31.9 Å². The van der Waals surface area contributed by atoms with Crippen molar-refractivity contribution < 1.29 is 28.3 Å². The summed E-state index contributed by atoms with van der Waals surface area (Å²) in [6.07, 6.45) is 0.0319. The minimum atomic E-state index is -1.07. The quantitative estimate of drug-likeness (QED) is 0.826. The molecule has 1 heterocycles. The van der Waals surface area contributed by atoms with Gasteiger partial charge in [-0.15, -0.1) is 0 Å². The van der Waals surface area contributed by atoms with E-state index >= 15 is 0 Å². The zero-order valence-electron chi connectivity index (χ0n) is 12.5. The molecular formula is C15H16F2N2O4. The molecule has 0 aliphatic carbocycles. The second-order valence-corrected chi connectivity index (χ2v) is 5.33. The van der Waals surface area contributed by atoms with Crippen LogP contribution in [0.4, 0.5) is 14.5 Å². The Morgan fingerprint density at radius 1 is 1.35 bits per heavy atom. The van der Waals surface area contributed by atoms with E-state index in [1.54, 1.807) is 0 Å². The lowest BCUT2D eigenvalue weighted by molar-refractivity contribution is -0.140. The van der Waals surface area contributed by atoms with Gasteiger partial charge >= 0.3 is 5.97 Å². The Kier molecular flexibility index (Phi) is 4.92. The highest BCUT2D eigenvalue weighted by molar-refractivity contribution is 6.09. The monoisotopic (exact) mass is 326 g/mol. The normalized spacial score (nSPS) is 17.4. The molecule has 0 aromatic heterocycles. The molecule has 1 aliphatic heterocycles. The smallest absolute Gasteiger partial charge is 0.305 e. The summed E-state index contributed by atoms with van der Waals surface area (Å²) in [6, 6.07) is 3.11. The van der Waals surface area contributed by atoms with Gasteiger partial charge in [0.25, 0.3) is 0 Å². The number of rotatable bonds is 5. The molecule has 0 saturated carbocycles. The Balaban J connectivity index is 2.07. The summed E-state index contributed by atoms with van der Waals surface area (Å²) in [5, 5.41) is 8.62. The van der Waals surface area contributed by atoms with Gasteiger partial charge in [-0.1, -0.05) is 0 Å². The molecule has 1 aromatic rings. The molecule has 0 unspecified atom stereocenters. The van der Waals surface area contributed by atoms with Gasteiger partial charge in [0.2, 0.25) is 11.8 Å². The van der Waals surface area contributed by atoms with Crippen molar-refractivity contribution in [3.05, 3.63) is 29.8 Å². The largest absolute Gasteiger partial charge is 0.481 e. The van der Waals surface area contributed by atoms with E-state index in [1.807, 2.05) is 0 Å². The van der Waals surface area contributed by atoms with Gasteiger partial charge in [-0.3, -0.25) is 14.4 Å². The third-order valence-electron chi connectivity index (χ3n) is 3.76. The third-order valence-corrected chi connectivity index (χ3v) is 3.76. The summed E-state index contributed by atoms with van der Waals surface area (Å²) in [5.74, 6) is -5.01. The van der Waals surface area contributed by atoms with Crippen molar-refractivity contribution in [3.63, 3.8) is 0 Å². The number of halogens is 2. The molecule has 2 amide bonds. The van der Waals surface area contributed by atoms with Gasteiger partial charge in [0.05, 0.1) is 6.42 Å². The van der Waals surface area contributed by atoms with Crippen molar-refractivity contribution in [3.8, 4) is 0 Å². The Labute approximate surface area is 131 Å². The van der Waals surface area contributed by atoms with Crippen LogP contribution >= 0.6 is 0 Å². The number of aliphatic carboxylic acids is 1. The Morgan fingerprint density at radius 3 is 2.65 bits per heavy atom. The van der Waals surface area contributed by atoms with Gasteiger partial charge in [-0.2, -0.15) is 0 Å².